The second kappa shape index (κ2) is 7.07. The smallest absolute Gasteiger partial charge is 0.161 e. The summed E-state index contributed by atoms with van der Waals surface area (Å²) in [6.45, 7) is 6.14. The van der Waals surface area contributed by atoms with E-state index in [2.05, 4.69) is 6.92 Å². The van der Waals surface area contributed by atoms with Gasteiger partial charge in [0.15, 0.2) is 5.78 Å². The quantitative estimate of drug-likeness (QED) is 0.620. The van der Waals surface area contributed by atoms with Crippen LogP contribution in [0.25, 0.3) is 0 Å². The molecule has 0 aliphatic heterocycles. The van der Waals surface area contributed by atoms with Gasteiger partial charge in [-0.2, -0.15) is 0 Å². The molecule has 0 saturated heterocycles. The molecular formula is C11H22O2. The van der Waals surface area contributed by atoms with Crippen LogP contribution in [0.15, 0.2) is 0 Å². The fourth-order valence-corrected chi connectivity index (χ4v) is 1.29. The molecule has 0 aliphatic rings. The summed E-state index contributed by atoms with van der Waals surface area (Å²) in [6.07, 6.45) is 3.54. The minimum atomic E-state index is -0.725. The molecule has 0 aliphatic carbocycles. The zero-order valence-electron chi connectivity index (χ0n) is 9.05. The molecule has 0 bridgehead atoms. The lowest BCUT2D eigenvalue weighted by molar-refractivity contribution is -0.127. The van der Waals surface area contributed by atoms with E-state index in [0.29, 0.717) is 18.8 Å². The van der Waals surface area contributed by atoms with Crippen molar-refractivity contribution in [1.82, 2.24) is 0 Å². The molecule has 1 atom stereocenters. The molecule has 2 heteroatoms. The maximum Gasteiger partial charge on any atom is 0.161 e. The van der Waals surface area contributed by atoms with Crippen LogP contribution in [0.5, 0.6) is 0 Å². The van der Waals surface area contributed by atoms with Gasteiger partial charge in [-0.25, -0.2) is 0 Å². The van der Waals surface area contributed by atoms with Gasteiger partial charge in [-0.05, 0) is 18.8 Å². The maximum atomic E-state index is 11.3. The average molecular weight is 186 g/mol. The summed E-state index contributed by atoms with van der Waals surface area (Å²) in [7, 11) is 0. The van der Waals surface area contributed by atoms with Crippen LogP contribution in [-0.4, -0.2) is 17.0 Å². The van der Waals surface area contributed by atoms with Gasteiger partial charge in [-0.3, -0.25) is 4.79 Å². The van der Waals surface area contributed by atoms with Gasteiger partial charge >= 0.3 is 0 Å². The van der Waals surface area contributed by atoms with Crippen LogP contribution in [-0.2, 0) is 4.79 Å². The summed E-state index contributed by atoms with van der Waals surface area (Å²) in [4.78, 5) is 11.3. The Hall–Kier alpha value is -0.370. The summed E-state index contributed by atoms with van der Waals surface area (Å²) in [6, 6.07) is 0. The van der Waals surface area contributed by atoms with Crippen LogP contribution in [0.3, 0.4) is 0 Å². The second-order valence-electron chi connectivity index (χ2n) is 4.07. The number of carbonyl (C=O) groups is 1. The Morgan fingerprint density at radius 1 is 1.31 bits per heavy atom. The molecule has 1 unspecified atom stereocenters. The van der Waals surface area contributed by atoms with E-state index in [1.54, 1.807) is 0 Å². The van der Waals surface area contributed by atoms with E-state index < -0.39 is 6.10 Å². The van der Waals surface area contributed by atoms with Crippen LogP contribution in [0.4, 0.5) is 0 Å². The summed E-state index contributed by atoms with van der Waals surface area (Å²) < 4.78 is 0. The van der Waals surface area contributed by atoms with Gasteiger partial charge in [0.25, 0.3) is 0 Å². The molecule has 0 heterocycles. The third-order valence-electron chi connectivity index (χ3n) is 2.09. The molecule has 0 aromatic carbocycles. The summed E-state index contributed by atoms with van der Waals surface area (Å²) in [5.41, 5.74) is 0. The third kappa shape index (κ3) is 6.76. The van der Waals surface area contributed by atoms with Crippen molar-refractivity contribution in [2.24, 2.45) is 5.92 Å². The highest BCUT2D eigenvalue weighted by molar-refractivity contribution is 5.82. The first-order chi connectivity index (χ1) is 6.07. The highest BCUT2D eigenvalue weighted by Gasteiger charge is 2.15. The van der Waals surface area contributed by atoms with Crippen molar-refractivity contribution < 1.29 is 9.90 Å². The van der Waals surface area contributed by atoms with Crippen LogP contribution >= 0.6 is 0 Å². The minimum Gasteiger partial charge on any atom is -0.385 e. The second-order valence-corrected chi connectivity index (χ2v) is 4.07. The van der Waals surface area contributed by atoms with Crippen molar-refractivity contribution in [3.8, 4) is 0 Å². The molecule has 0 spiro atoms. The summed E-state index contributed by atoms with van der Waals surface area (Å²) in [5.74, 6) is 0.410. The maximum absolute atomic E-state index is 11.3. The van der Waals surface area contributed by atoms with Crippen molar-refractivity contribution in [2.75, 3.05) is 0 Å². The fourth-order valence-electron chi connectivity index (χ4n) is 1.29. The van der Waals surface area contributed by atoms with E-state index in [1.807, 2.05) is 13.8 Å². The molecule has 0 fully saturated rings. The first-order valence-electron chi connectivity index (χ1n) is 5.28. The standard InChI is InChI=1S/C11H22O2/c1-4-5-6-7-10(12)11(13)8-9(2)3/h9,11,13H,4-8H2,1-3H3. The monoisotopic (exact) mass is 186 g/mol. The predicted octanol–water partition coefficient (Wildman–Crippen LogP) is 2.54. The predicted molar refractivity (Wildman–Crippen MR) is 54.6 cm³/mol. The number of hydrogen-bond acceptors (Lipinski definition) is 2. The van der Waals surface area contributed by atoms with E-state index in [4.69, 9.17) is 0 Å². The van der Waals surface area contributed by atoms with Crippen molar-refractivity contribution >= 4 is 5.78 Å². The van der Waals surface area contributed by atoms with E-state index in [1.165, 1.54) is 0 Å². The number of ketones is 1. The normalized spacial score (nSPS) is 13.3. The Kier molecular flexibility index (Phi) is 6.87. The Morgan fingerprint density at radius 2 is 1.92 bits per heavy atom. The van der Waals surface area contributed by atoms with E-state index in [0.717, 1.165) is 19.3 Å². The van der Waals surface area contributed by atoms with Crippen LogP contribution < -0.4 is 0 Å². The Bertz CT molecular complexity index is 141. The SMILES string of the molecule is CCCCCC(=O)C(O)CC(C)C. The lowest BCUT2D eigenvalue weighted by Gasteiger charge is -2.11. The van der Waals surface area contributed by atoms with Crippen molar-refractivity contribution in [3.05, 3.63) is 0 Å². The van der Waals surface area contributed by atoms with Crippen LogP contribution in [0.1, 0.15) is 52.9 Å². The third-order valence-corrected chi connectivity index (χ3v) is 2.09. The number of hydrogen-bond donors (Lipinski definition) is 1. The van der Waals surface area contributed by atoms with Crippen molar-refractivity contribution in [3.63, 3.8) is 0 Å². The number of aliphatic hydroxyl groups is 1. The number of rotatable bonds is 7. The summed E-state index contributed by atoms with van der Waals surface area (Å²) >= 11 is 0. The van der Waals surface area contributed by atoms with E-state index in [-0.39, 0.29) is 5.78 Å². The molecule has 78 valence electrons. The molecule has 0 aromatic heterocycles. The van der Waals surface area contributed by atoms with E-state index in [9.17, 15) is 9.90 Å². The Balaban J connectivity index is 3.57. The molecule has 2 nitrogen and oxygen atoms in total. The zero-order valence-corrected chi connectivity index (χ0v) is 9.05. The number of Topliss-reactive ketones (excluding diaryl/α,β-unsaturated/α-hetero) is 1. The number of aliphatic hydroxyl groups excluding tert-OH is 1. The Labute approximate surface area is 81.3 Å². The topological polar surface area (TPSA) is 37.3 Å². The lowest BCUT2D eigenvalue weighted by atomic mass is 10.00. The molecule has 0 rings (SSSR count). The molecule has 0 aromatic rings. The fraction of sp³-hybridized carbons (Fsp3) is 0.909. The van der Waals surface area contributed by atoms with Crippen LogP contribution in [0.2, 0.25) is 0 Å². The molecule has 13 heavy (non-hydrogen) atoms. The summed E-state index contributed by atoms with van der Waals surface area (Å²) in [5, 5.41) is 9.44. The van der Waals surface area contributed by atoms with Gasteiger partial charge < -0.3 is 5.11 Å². The first-order valence-corrected chi connectivity index (χ1v) is 5.28. The molecule has 0 saturated carbocycles. The highest BCUT2D eigenvalue weighted by Crippen LogP contribution is 2.09. The van der Waals surface area contributed by atoms with Gasteiger partial charge in [0.1, 0.15) is 6.10 Å². The van der Waals surface area contributed by atoms with Gasteiger partial charge in [0.05, 0.1) is 0 Å². The molecule has 0 amide bonds. The zero-order chi connectivity index (χ0) is 10.3. The van der Waals surface area contributed by atoms with Crippen molar-refractivity contribution in [2.45, 2.75) is 59.0 Å². The molecule has 0 radical (unpaired) electrons. The van der Waals surface area contributed by atoms with Gasteiger partial charge in [0, 0.05) is 6.42 Å². The molecule has 1 N–H and O–H groups in total. The van der Waals surface area contributed by atoms with Crippen LogP contribution in [0, 0.1) is 5.92 Å². The van der Waals surface area contributed by atoms with Gasteiger partial charge in [0.2, 0.25) is 0 Å². The average Bonchev–Trinajstić information content (AvgIpc) is 2.03. The van der Waals surface area contributed by atoms with E-state index >= 15 is 0 Å². The van der Waals surface area contributed by atoms with Gasteiger partial charge in [-0.1, -0.05) is 33.6 Å². The Morgan fingerprint density at radius 3 is 2.38 bits per heavy atom. The minimum absolute atomic E-state index is 0.0159. The molecular weight excluding hydrogens is 164 g/mol. The number of carbonyl (C=O) groups excluding carboxylic acids is 1. The van der Waals surface area contributed by atoms with Gasteiger partial charge in [-0.15, -0.1) is 0 Å². The largest absolute Gasteiger partial charge is 0.385 e. The first kappa shape index (κ1) is 12.6. The number of unbranched alkanes of at least 4 members (excludes halogenated alkanes) is 2. The lowest BCUT2D eigenvalue weighted by Crippen LogP contribution is -2.21. The van der Waals surface area contributed by atoms with Crippen molar-refractivity contribution in [1.29, 1.82) is 0 Å². The highest BCUT2D eigenvalue weighted by atomic mass is 16.3.